The largest absolute Gasteiger partial charge is 0.495 e. The molecule has 0 bridgehead atoms. The van der Waals surface area contributed by atoms with Crippen LogP contribution in [-0.2, 0) is 11.3 Å². The lowest BCUT2D eigenvalue weighted by atomic mass is 9.96. The Hall–Kier alpha value is -3.39. The number of amides is 1. The van der Waals surface area contributed by atoms with Crippen LogP contribution in [-0.4, -0.2) is 27.7 Å². The molecule has 1 aromatic carbocycles. The first-order valence-electron chi connectivity index (χ1n) is 11.0. The van der Waals surface area contributed by atoms with Crippen molar-refractivity contribution in [2.24, 2.45) is 0 Å². The van der Waals surface area contributed by atoms with E-state index in [9.17, 15) is 4.79 Å². The topological polar surface area (TPSA) is 71.4 Å². The van der Waals surface area contributed by atoms with Crippen molar-refractivity contribution < 1.29 is 9.53 Å². The zero-order chi connectivity index (χ0) is 23.7. The van der Waals surface area contributed by atoms with Gasteiger partial charge in [-0.1, -0.05) is 6.07 Å². The smallest absolute Gasteiger partial charge is 0.221 e. The fraction of sp³-hybridized carbons (Fsp3) is 0.320. The highest BCUT2D eigenvalue weighted by atomic mass is 32.1. The Morgan fingerprint density at radius 1 is 1.24 bits per heavy atom. The van der Waals surface area contributed by atoms with E-state index < -0.39 is 0 Å². The Balaban J connectivity index is 1.88. The zero-order valence-corrected chi connectivity index (χ0v) is 20.4. The first-order valence-corrected chi connectivity index (χ1v) is 11.4. The van der Waals surface area contributed by atoms with Crippen molar-refractivity contribution in [1.29, 1.82) is 0 Å². The maximum Gasteiger partial charge on any atom is 0.221 e. The molecular weight excluding hydrogens is 434 g/mol. The minimum absolute atomic E-state index is 0.113. The summed E-state index contributed by atoms with van der Waals surface area (Å²) >= 11 is 5.84. The van der Waals surface area contributed by atoms with Gasteiger partial charge in [-0.3, -0.25) is 9.78 Å². The monoisotopic (exact) mass is 463 g/mol. The highest BCUT2D eigenvalue weighted by Crippen LogP contribution is 2.44. The summed E-state index contributed by atoms with van der Waals surface area (Å²) in [4.78, 5) is 18.5. The van der Waals surface area contributed by atoms with Crippen molar-refractivity contribution in [2.45, 2.75) is 46.3 Å². The normalized spacial score (nSPS) is 17.7. The van der Waals surface area contributed by atoms with Crippen LogP contribution in [0.25, 0.3) is 0 Å². The van der Waals surface area contributed by atoms with E-state index in [1.54, 1.807) is 13.3 Å². The SMILES string of the molecule is CCn1c(C)cc([C@@H]2[C@H](c3ccccn3)NC(=S)N2c2ccc(OC)c(NC(C)=O)c2)c1C. The molecular formula is C25H29N5O2S. The van der Waals surface area contributed by atoms with Crippen molar-refractivity contribution >= 4 is 34.6 Å². The zero-order valence-electron chi connectivity index (χ0n) is 19.5. The van der Waals surface area contributed by atoms with Crippen molar-refractivity contribution in [3.8, 4) is 5.75 Å². The number of aromatic nitrogens is 2. The molecule has 0 aliphatic carbocycles. The van der Waals surface area contributed by atoms with E-state index in [2.05, 4.69) is 51.9 Å². The fourth-order valence-corrected chi connectivity index (χ4v) is 5.04. The Labute approximate surface area is 199 Å². The summed E-state index contributed by atoms with van der Waals surface area (Å²) < 4.78 is 7.76. The van der Waals surface area contributed by atoms with Gasteiger partial charge in [-0.25, -0.2) is 0 Å². The number of hydrogen-bond donors (Lipinski definition) is 2. The third kappa shape index (κ3) is 4.18. The number of carbonyl (C=O) groups excluding carboxylic acids is 1. The third-order valence-corrected chi connectivity index (χ3v) is 6.43. The molecule has 1 amide bonds. The average Bonchev–Trinajstić information content (AvgIpc) is 3.28. The molecule has 2 aromatic heterocycles. The molecule has 4 rings (SSSR count). The number of rotatable bonds is 6. The summed E-state index contributed by atoms with van der Waals surface area (Å²) in [5.41, 5.74) is 5.98. The van der Waals surface area contributed by atoms with E-state index in [4.69, 9.17) is 17.0 Å². The number of methoxy groups -OCH3 is 1. The van der Waals surface area contributed by atoms with E-state index in [0.29, 0.717) is 16.5 Å². The number of hydrogen-bond acceptors (Lipinski definition) is 4. The van der Waals surface area contributed by atoms with Crippen LogP contribution < -0.4 is 20.3 Å². The molecule has 8 heteroatoms. The molecule has 0 radical (unpaired) electrons. The summed E-state index contributed by atoms with van der Waals surface area (Å²) in [5.74, 6) is 0.427. The molecule has 172 valence electrons. The van der Waals surface area contributed by atoms with E-state index in [-0.39, 0.29) is 18.0 Å². The predicted molar refractivity (Wildman–Crippen MR) is 135 cm³/mol. The number of aryl methyl sites for hydroxylation is 1. The Morgan fingerprint density at radius 3 is 2.64 bits per heavy atom. The second kappa shape index (κ2) is 9.23. The van der Waals surface area contributed by atoms with Gasteiger partial charge in [-0.05, 0) is 75.0 Å². The van der Waals surface area contributed by atoms with Crippen LogP contribution in [0.4, 0.5) is 11.4 Å². The van der Waals surface area contributed by atoms with Crippen LogP contribution in [0.2, 0.25) is 0 Å². The molecule has 0 unspecified atom stereocenters. The lowest BCUT2D eigenvalue weighted by Gasteiger charge is -2.29. The first kappa shape index (κ1) is 22.8. The summed E-state index contributed by atoms with van der Waals surface area (Å²) in [6.07, 6.45) is 1.80. The molecule has 0 spiro atoms. The van der Waals surface area contributed by atoms with Crippen LogP contribution in [0.3, 0.4) is 0 Å². The van der Waals surface area contributed by atoms with Gasteiger partial charge in [0, 0.05) is 36.7 Å². The summed E-state index contributed by atoms with van der Waals surface area (Å²) in [6, 6.07) is 13.6. The molecule has 1 aliphatic rings. The van der Waals surface area contributed by atoms with Gasteiger partial charge in [-0.15, -0.1) is 0 Å². The number of benzene rings is 1. The Bertz CT molecular complexity index is 1190. The number of nitrogens with zero attached hydrogens (tertiary/aromatic N) is 3. The molecule has 1 aliphatic heterocycles. The Morgan fingerprint density at radius 2 is 2.03 bits per heavy atom. The highest BCUT2D eigenvalue weighted by molar-refractivity contribution is 7.80. The van der Waals surface area contributed by atoms with Gasteiger partial charge in [0.15, 0.2) is 5.11 Å². The molecule has 33 heavy (non-hydrogen) atoms. The van der Waals surface area contributed by atoms with Gasteiger partial charge >= 0.3 is 0 Å². The van der Waals surface area contributed by atoms with E-state index >= 15 is 0 Å². The van der Waals surface area contributed by atoms with Gasteiger partial charge in [-0.2, -0.15) is 0 Å². The van der Waals surface area contributed by atoms with Crippen molar-refractivity contribution in [1.82, 2.24) is 14.9 Å². The fourth-order valence-electron chi connectivity index (χ4n) is 4.70. The average molecular weight is 464 g/mol. The van der Waals surface area contributed by atoms with Crippen LogP contribution >= 0.6 is 12.2 Å². The number of anilines is 2. The van der Waals surface area contributed by atoms with Crippen LogP contribution in [0.5, 0.6) is 5.75 Å². The number of nitrogens with one attached hydrogen (secondary N) is 2. The minimum Gasteiger partial charge on any atom is -0.495 e. The summed E-state index contributed by atoms with van der Waals surface area (Å²) in [7, 11) is 1.59. The van der Waals surface area contributed by atoms with Gasteiger partial charge < -0.3 is 24.8 Å². The minimum atomic E-state index is -0.165. The third-order valence-electron chi connectivity index (χ3n) is 6.12. The van der Waals surface area contributed by atoms with Gasteiger partial charge in [0.05, 0.1) is 30.6 Å². The molecule has 2 N–H and O–H groups in total. The molecule has 0 saturated carbocycles. The maximum absolute atomic E-state index is 11.8. The highest BCUT2D eigenvalue weighted by Gasteiger charge is 2.42. The molecule has 3 aromatic rings. The summed E-state index contributed by atoms with van der Waals surface area (Å²) in [6.45, 7) is 8.80. The quantitative estimate of drug-likeness (QED) is 0.518. The van der Waals surface area contributed by atoms with E-state index in [1.807, 2.05) is 36.4 Å². The van der Waals surface area contributed by atoms with Gasteiger partial charge in [0.25, 0.3) is 0 Å². The van der Waals surface area contributed by atoms with Crippen molar-refractivity contribution in [3.05, 3.63) is 71.3 Å². The standard InChI is InChI=1S/C25H29N5O2S/c1-6-29-15(2)13-19(16(29)3)24-23(20-9-7-8-12-26-20)28-25(33)30(24)18-10-11-22(32-5)21(14-18)27-17(4)31/h7-14,23-24H,6H2,1-5H3,(H,27,31)(H,28,33)/t23-,24+/m0/s1. The molecule has 3 heterocycles. The second-order valence-electron chi connectivity index (χ2n) is 8.13. The van der Waals surface area contributed by atoms with Crippen molar-refractivity contribution in [2.75, 3.05) is 17.3 Å². The molecule has 2 atom stereocenters. The lowest BCUT2D eigenvalue weighted by molar-refractivity contribution is -0.114. The second-order valence-corrected chi connectivity index (χ2v) is 8.52. The van der Waals surface area contributed by atoms with Crippen LogP contribution in [0.1, 0.15) is 48.6 Å². The lowest BCUT2D eigenvalue weighted by Crippen LogP contribution is -2.29. The van der Waals surface area contributed by atoms with Crippen molar-refractivity contribution in [3.63, 3.8) is 0 Å². The number of ether oxygens (including phenoxy) is 1. The Kier molecular flexibility index (Phi) is 6.37. The number of pyridine rings is 1. The van der Waals surface area contributed by atoms with E-state index in [0.717, 1.165) is 17.9 Å². The molecule has 1 fully saturated rings. The first-order chi connectivity index (χ1) is 15.8. The van der Waals surface area contributed by atoms with Gasteiger partial charge in [0.2, 0.25) is 5.91 Å². The maximum atomic E-state index is 11.8. The predicted octanol–water partition coefficient (Wildman–Crippen LogP) is 4.66. The van der Waals surface area contributed by atoms with Gasteiger partial charge in [0.1, 0.15) is 5.75 Å². The molecule has 7 nitrogen and oxygen atoms in total. The van der Waals surface area contributed by atoms with Crippen LogP contribution in [0, 0.1) is 13.8 Å². The summed E-state index contributed by atoms with van der Waals surface area (Å²) in [5, 5.41) is 6.97. The number of thiocarbonyl (C=S) groups is 1. The number of carbonyl (C=O) groups is 1. The van der Waals surface area contributed by atoms with Crippen LogP contribution in [0.15, 0.2) is 48.7 Å². The molecule has 1 saturated heterocycles. The van der Waals surface area contributed by atoms with E-state index in [1.165, 1.54) is 23.9 Å².